The molecule has 3 atom stereocenters. The van der Waals surface area contributed by atoms with E-state index in [9.17, 15) is 0 Å². The van der Waals surface area contributed by atoms with Gasteiger partial charge in [0.25, 0.3) is 0 Å². The maximum atomic E-state index is 5.91. The molecule has 3 unspecified atom stereocenters. The summed E-state index contributed by atoms with van der Waals surface area (Å²) in [4.78, 5) is 7.73. The number of halogens is 1. The molecule has 25 heavy (non-hydrogen) atoms. The highest BCUT2D eigenvalue weighted by molar-refractivity contribution is 14.0. The molecule has 5 nitrogen and oxygen atoms in total. The second-order valence-electron chi connectivity index (χ2n) is 6.92. The molecule has 2 aliphatic heterocycles. The lowest BCUT2D eigenvalue weighted by Crippen LogP contribution is -2.47. The molecule has 0 amide bonds. The van der Waals surface area contributed by atoms with E-state index in [1.165, 1.54) is 34.9 Å². The van der Waals surface area contributed by atoms with Crippen LogP contribution in [0.4, 0.5) is 0 Å². The second kappa shape index (κ2) is 7.95. The molecule has 0 saturated carbocycles. The fourth-order valence-electron chi connectivity index (χ4n) is 4.12. The summed E-state index contributed by atoms with van der Waals surface area (Å²) in [6.07, 6.45) is 7.41. The van der Waals surface area contributed by atoms with Gasteiger partial charge in [0.1, 0.15) is 0 Å². The third-order valence-corrected chi connectivity index (χ3v) is 5.33. The van der Waals surface area contributed by atoms with E-state index in [1.807, 2.05) is 7.05 Å². The molecule has 2 fully saturated rings. The minimum absolute atomic E-state index is 0. The Balaban J connectivity index is 0.00000182. The van der Waals surface area contributed by atoms with Gasteiger partial charge in [-0.05, 0) is 49.8 Å². The van der Waals surface area contributed by atoms with E-state index in [0.29, 0.717) is 18.2 Å². The fourth-order valence-corrected chi connectivity index (χ4v) is 4.12. The van der Waals surface area contributed by atoms with Crippen molar-refractivity contribution in [3.05, 3.63) is 35.5 Å². The number of nitrogens with zero attached hydrogens (tertiary/aromatic N) is 1. The molecule has 1 aromatic heterocycles. The van der Waals surface area contributed by atoms with E-state index in [-0.39, 0.29) is 24.0 Å². The summed E-state index contributed by atoms with van der Waals surface area (Å²) < 4.78 is 5.91. The predicted molar refractivity (Wildman–Crippen MR) is 113 cm³/mol. The third kappa shape index (κ3) is 3.79. The molecular weight excluding hydrogens is 427 g/mol. The highest BCUT2D eigenvalue weighted by Gasteiger charge is 2.41. The zero-order valence-corrected chi connectivity index (χ0v) is 17.2. The second-order valence-corrected chi connectivity index (χ2v) is 6.92. The van der Waals surface area contributed by atoms with Crippen LogP contribution in [0.5, 0.6) is 0 Å². The number of guanidine groups is 1. The Kier molecular flexibility index (Phi) is 5.89. The summed E-state index contributed by atoms with van der Waals surface area (Å²) in [5, 5.41) is 8.33. The summed E-state index contributed by atoms with van der Waals surface area (Å²) >= 11 is 0. The lowest BCUT2D eigenvalue weighted by atomic mass is 9.96. The van der Waals surface area contributed by atoms with Crippen molar-refractivity contribution in [1.82, 2.24) is 15.6 Å². The number of aromatic amines is 1. The average molecular weight is 454 g/mol. The van der Waals surface area contributed by atoms with Crippen molar-refractivity contribution in [2.45, 2.75) is 50.9 Å². The molecular formula is C19H27IN4O. The highest BCUT2D eigenvalue weighted by Crippen LogP contribution is 2.34. The molecule has 6 heteroatoms. The first kappa shape index (κ1) is 18.5. The number of aromatic nitrogens is 1. The predicted octanol–water partition coefficient (Wildman–Crippen LogP) is 3.12. The molecule has 1 aromatic carbocycles. The number of rotatable bonds is 4. The van der Waals surface area contributed by atoms with Gasteiger partial charge < -0.3 is 20.4 Å². The van der Waals surface area contributed by atoms with E-state index < -0.39 is 0 Å². The third-order valence-electron chi connectivity index (χ3n) is 5.33. The number of H-pyrrole nitrogens is 1. The van der Waals surface area contributed by atoms with Gasteiger partial charge in [-0.1, -0.05) is 12.1 Å². The van der Waals surface area contributed by atoms with Crippen molar-refractivity contribution in [2.75, 3.05) is 13.6 Å². The molecule has 4 rings (SSSR count). The quantitative estimate of drug-likeness (QED) is 0.378. The van der Waals surface area contributed by atoms with Gasteiger partial charge in [-0.3, -0.25) is 4.99 Å². The number of hydrogen-bond acceptors (Lipinski definition) is 2. The van der Waals surface area contributed by atoms with Crippen LogP contribution in [0.3, 0.4) is 0 Å². The zero-order valence-electron chi connectivity index (χ0n) is 14.8. The van der Waals surface area contributed by atoms with Gasteiger partial charge in [0, 0.05) is 30.7 Å². The number of nitrogens with one attached hydrogen (secondary N) is 3. The van der Waals surface area contributed by atoms with Crippen LogP contribution in [0, 0.1) is 6.92 Å². The first-order valence-electron chi connectivity index (χ1n) is 8.93. The van der Waals surface area contributed by atoms with E-state index in [1.54, 1.807) is 0 Å². The topological polar surface area (TPSA) is 61.4 Å². The molecule has 2 aliphatic rings. The van der Waals surface area contributed by atoms with Crippen LogP contribution in [-0.2, 0) is 11.2 Å². The molecule has 2 aromatic rings. The first-order chi connectivity index (χ1) is 11.7. The van der Waals surface area contributed by atoms with Crippen LogP contribution >= 0.6 is 24.0 Å². The van der Waals surface area contributed by atoms with Crippen molar-refractivity contribution in [2.24, 2.45) is 4.99 Å². The SMILES string of the molecule is CN=C(NCCc1c[nH]c2cccc(C)c12)NC1CC2CCC1O2.I. The monoisotopic (exact) mass is 454 g/mol. The lowest BCUT2D eigenvalue weighted by molar-refractivity contribution is 0.0992. The Morgan fingerprint density at radius 2 is 2.24 bits per heavy atom. The number of fused-ring (bicyclic) bond motifs is 3. The minimum Gasteiger partial charge on any atom is -0.373 e. The van der Waals surface area contributed by atoms with Gasteiger partial charge in [0.2, 0.25) is 0 Å². The molecule has 0 spiro atoms. The Bertz CT molecular complexity index is 757. The Labute approximate surface area is 166 Å². The zero-order chi connectivity index (χ0) is 16.5. The van der Waals surface area contributed by atoms with E-state index in [2.05, 4.69) is 51.9 Å². The van der Waals surface area contributed by atoms with Crippen molar-refractivity contribution < 1.29 is 4.74 Å². The number of benzene rings is 1. The smallest absolute Gasteiger partial charge is 0.191 e. The number of hydrogen-bond donors (Lipinski definition) is 3. The van der Waals surface area contributed by atoms with Gasteiger partial charge in [0.15, 0.2) is 5.96 Å². The number of ether oxygens (including phenoxy) is 1. The summed E-state index contributed by atoms with van der Waals surface area (Å²) in [7, 11) is 1.83. The summed E-state index contributed by atoms with van der Waals surface area (Å²) in [6.45, 7) is 3.03. The highest BCUT2D eigenvalue weighted by atomic mass is 127. The van der Waals surface area contributed by atoms with E-state index in [4.69, 9.17) is 4.74 Å². The maximum absolute atomic E-state index is 5.91. The van der Waals surface area contributed by atoms with Crippen LogP contribution < -0.4 is 10.6 Å². The summed E-state index contributed by atoms with van der Waals surface area (Å²) in [6, 6.07) is 6.81. The molecule has 0 aliphatic carbocycles. The van der Waals surface area contributed by atoms with Gasteiger partial charge in [0.05, 0.1) is 18.2 Å². The van der Waals surface area contributed by atoms with Crippen LogP contribution in [0.15, 0.2) is 29.4 Å². The normalized spacial score (nSPS) is 25.2. The standard InChI is InChI=1S/C19H26N4O.HI/c1-12-4-3-5-15-18(12)13(11-22-15)8-9-21-19(20-2)23-16-10-14-6-7-17(16)24-14;/h3-5,11,14,16-17,22H,6-10H2,1-2H3,(H2,20,21,23);1H. The van der Waals surface area contributed by atoms with Crippen molar-refractivity contribution in [3.8, 4) is 0 Å². The molecule has 3 heterocycles. The largest absolute Gasteiger partial charge is 0.373 e. The van der Waals surface area contributed by atoms with Gasteiger partial charge >= 0.3 is 0 Å². The van der Waals surface area contributed by atoms with Crippen LogP contribution in [0.2, 0.25) is 0 Å². The maximum Gasteiger partial charge on any atom is 0.191 e. The minimum atomic E-state index is 0. The van der Waals surface area contributed by atoms with Crippen LogP contribution in [0.1, 0.15) is 30.4 Å². The summed E-state index contributed by atoms with van der Waals surface area (Å²) in [5.74, 6) is 0.882. The van der Waals surface area contributed by atoms with Gasteiger partial charge in [-0.25, -0.2) is 0 Å². The average Bonchev–Trinajstić information content (AvgIpc) is 3.30. The molecule has 2 bridgehead atoms. The summed E-state index contributed by atoms with van der Waals surface area (Å²) in [5.41, 5.74) is 3.89. The van der Waals surface area contributed by atoms with Crippen molar-refractivity contribution >= 4 is 40.8 Å². The van der Waals surface area contributed by atoms with Gasteiger partial charge in [-0.15, -0.1) is 24.0 Å². The number of aryl methyl sites for hydroxylation is 1. The Morgan fingerprint density at radius 1 is 1.36 bits per heavy atom. The van der Waals surface area contributed by atoms with Crippen LogP contribution in [-0.4, -0.2) is 42.8 Å². The lowest BCUT2D eigenvalue weighted by Gasteiger charge is -2.22. The molecule has 3 N–H and O–H groups in total. The fraction of sp³-hybridized carbons (Fsp3) is 0.526. The Morgan fingerprint density at radius 3 is 2.96 bits per heavy atom. The molecule has 2 saturated heterocycles. The Hall–Kier alpha value is -1.28. The molecule has 0 radical (unpaired) electrons. The molecule has 136 valence electrons. The van der Waals surface area contributed by atoms with Gasteiger partial charge in [-0.2, -0.15) is 0 Å². The van der Waals surface area contributed by atoms with E-state index in [0.717, 1.165) is 25.3 Å². The van der Waals surface area contributed by atoms with Crippen LogP contribution in [0.25, 0.3) is 10.9 Å². The van der Waals surface area contributed by atoms with Crippen molar-refractivity contribution in [3.63, 3.8) is 0 Å². The van der Waals surface area contributed by atoms with Crippen molar-refractivity contribution in [1.29, 1.82) is 0 Å². The van der Waals surface area contributed by atoms with E-state index >= 15 is 0 Å². The number of aliphatic imine (C=N–C) groups is 1. The first-order valence-corrected chi connectivity index (χ1v) is 8.93.